The zero-order chi connectivity index (χ0) is 23.4. The Morgan fingerprint density at radius 2 is 1.91 bits per heavy atom. The van der Waals surface area contributed by atoms with Gasteiger partial charge >= 0.3 is 5.97 Å². The van der Waals surface area contributed by atoms with E-state index in [0.717, 1.165) is 37.6 Å². The molecule has 4 rings (SSSR count). The molecule has 1 aromatic heterocycles. The molecule has 1 amide bonds. The predicted molar refractivity (Wildman–Crippen MR) is 129 cm³/mol. The number of thioether (sulfide) groups is 1. The molecule has 10 heteroatoms. The zero-order valence-electron chi connectivity index (χ0n) is 19.1. The second-order valence-corrected chi connectivity index (χ2v) is 10.1. The molecule has 8 nitrogen and oxygen atoms in total. The van der Waals surface area contributed by atoms with Crippen molar-refractivity contribution in [3.8, 4) is 5.69 Å². The molecule has 33 heavy (non-hydrogen) atoms. The summed E-state index contributed by atoms with van der Waals surface area (Å²) in [5.74, 6) is 0.555. The number of halogens is 1. The Bertz CT molecular complexity index is 986. The van der Waals surface area contributed by atoms with Gasteiger partial charge in [-0.2, -0.15) is 0 Å². The molecule has 178 valence electrons. The maximum absolute atomic E-state index is 13.2. The molecular weight excluding hydrogens is 462 g/mol. The number of piperidine rings is 1. The van der Waals surface area contributed by atoms with Crippen molar-refractivity contribution in [2.45, 2.75) is 49.9 Å². The van der Waals surface area contributed by atoms with Crippen LogP contribution < -0.4 is 4.90 Å². The Labute approximate surface area is 203 Å². The van der Waals surface area contributed by atoms with Crippen molar-refractivity contribution in [3.05, 3.63) is 29.3 Å². The van der Waals surface area contributed by atoms with Crippen LogP contribution in [-0.4, -0.2) is 69.6 Å². The fraction of sp³-hybridized carbons (Fsp3) is 0.565. The molecule has 2 aliphatic rings. The van der Waals surface area contributed by atoms with Gasteiger partial charge in [-0.25, -0.2) is 0 Å². The molecule has 0 aliphatic carbocycles. The number of nitrogens with zero attached hydrogens (tertiary/aromatic N) is 5. The van der Waals surface area contributed by atoms with Gasteiger partial charge in [-0.3, -0.25) is 14.2 Å². The van der Waals surface area contributed by atoms with Gasteiger partial charge in [0.1, 0.15) is 0 Å². The fourth-order valence-corrected chi connectivity index (χ4v) is 5.49. The number of hydrogen-bond donors (Lipinski definition) is 0. The average Bonchev–Trinajstić information content (AvgIpc) is 3.49. The Morgan fingerprint density at radius 3 is 2.58 bits per heavy atom. The molecule has 2 aliphatic heterocycles. The molecule has 2 aromatic rings. The van der Waals surface area contributed by atoms with Crippen molar-refractivity contribution >= 4 is 41.2 Å². The lowest BCUT2D eigenvalue weighted by atomic mass is 9.97. The minimum absolute atomic E-state index is 0.0469. The topological polar surface area (TPSA) is 80.6 Å². The van der Waals surface area contributed by atoms with Crippen molar-refractivity contribution in [1.82, 2.24) is 19.7 Å². The van der Waals surface area contributed by atoms with E-state index in [4.69, 9.17) is 16.3 Å². The first-order chi connectivity index (χ1) is 16.0. The van der Waals surface area contributed by atoms with Crippen LogP contribution in [0.15, 0.2) is 29.4 Å². The second-order valence-electron chi connectivity index (χ2n) is 8.40. The monoisotopic (exact) mass is 491 g/mol. The summed E-state index contributed by atoms with van der Waals surface area (Å²) in [5.41, 5.74) is 0.881. The largest absolute Gasteiger partial charge is 0.466 e. The first-order valence-electron chi connectivity index (χ1n) is 11.6. The summed E-state index contributed by atoms with van der Waals surface area (Å²) < 4.78 is 7.13. The van der Waals surface area contributed by atoms with E-state index in [1.54, 1.807) is 0 Å². The van der Waals surface area contributed by atoms with Crippen LogP contribution in [0.2, 0.25) is 5.02 Å². The summed E-state index contributed by atoms with van der Waals surface area (Å²) in [6.45, 7) is 7.10. The van der Waals surface area contributed by atoms with Crippen molar-refractivity contribution in [1.29, 1.82) is 0 Å². The SMILES string of the molecule is CCOC(=O)C1CCN(C(=O)[C@H](C)Sc2nnc(N3CCCC3)n2-c2cccc(Cl)c2)CC1. The lowest BCUT2D eigenvalue weighted by Crippen LogP contribution is -2.43. The predicted octanol–water partition coefficient (Wildman–Crippen LogP) is 3.80. The average molecular weight is 492 g/mol. The van der Waals surface area contributed by atoms with Gasteiger partial charge in [0.2, 0.25) is 11.9 Å². The van der Waals surface area contributed by atoms with Crippen LogP contribution >= 0.6 is 23.4 Å². The summed E-state index contributed by atoms with van der Waals surface area (Å²) in [5, 5.41) is 9.89. The molecule has 1 atom stereocenters. The van der Waals surface area contributed by atoms with Gasteiger partial charge in [-0.15, -0.1) is 10.2 Å². The standard InChI is InChI=1S/C23H30ClN5O3S/c1-3-32-21(31)17-9-13-27(14-10-17)20(30)16(2)33-23-26-25-22(28-11-4-5-12-28)29(23)19-8-6-7-18(24)15-19/h6-8,15-17H,3-5,9-14H2,1-2H3/t16-/m0/s1. The highest BCUT2D eigenvalue weighted by molar-refractivity contribution is 8.00. The number of hydrogen-bond acceptors (Lipinski definition) is 7. The van der Waals surface area contributed by atoms with Gasteiger partial charge < -0.3 is 14.5 Å². The number of likely N-dealkylation sites (tertiary alicyclic amines) is 1. The van der Waals surface area contributed by atoms with Crippen LogP contribution in [0, 0.1) is 5.92 Å². The van der Waals surface area contributed by atoms with Crippen molar-refractivity contribution < 1.29 is 14.3 Å². The van der Waals surface area contributed by atoms with E-state index >= 15 is 0 Å². The molecule has 0 unspecified atom stereocenters. The molecule has 2 fully saturated rings. The number of benzene rings is 1. The van der Waals surface area contributed by atoms with Gasteiger partial charge in [-0.1, -0.05) is 29.4 Å². The van der Waals surface area contributed by atoms with E-state index in [-0.39, 0.29) is 23.0 Å². The van der Waals surface area contributed by atoms with Crippen LogP contribution in [0.4, 0.5) is 5.95 Å². The third-order valence-corrected chi connectivity index (χ3v) is 7.39. The van der Waals surface area contributed by atoms with E-state index < -0.39 is 0 Å². The zero-order valence-corrected chi connectivity index (χ0v) is 20.6. The number of anilines is 1. The number of aromatic nitrogens is 3. The van der Waals surface area contributed by atoms with E-state index in [0.29, 0.717) is 42.7 Å². The van der Waals surface area contributed by atoms with Crippen LogP contribution in [0.5, 0.6) is 0 Å². The van der Waals surface area contributed by atoms with Crippen LogP contribution in [0.1, 0.15) is 39.5 Å². The minimum atomic E-state index is -0.335. The van der Waals surface area contributed by atoms with E-state index in [9.17, 15) is 9.59 Å². The maximum atomic E-state index is 13.2. The van der Waals surface area contributed by atoms with E-state index in [1.165, 1.54) is 11.8 Å². The Morgan fingerprint density at radius 1 is 1.18 bits per heavy atom. The Balaban J connectivity index is 1.48. The molecular formula is C23H30ClN5O3S. The molecule has 0 bridgehead atoms. The molecule has 0 saturated carbocycles. The normalized spacial score (nSPS) is 17.9. The smallest absolute Gasteiger partial charge is 0.309 e. The fourth-order valence-electron chi connectivity index (χ4n) is 4.36. The first-order valence-corrected chi connectivity index (χ1v) is 12.8. The van der Waals surface area contributed by atoms with Crippen molar-refractivity contribution in [2.75, 3.05) is 37.7 Å². The molecule has 0 radical (unpaired) electrons. The quantitative estimate of drug-likeness (QED) is 0.430. The molecule has 2 saturated heterocycles. The van der Waals surface area contributed by atoms with Gasteiger partial charge in [0.05, 0.1) is 23.5 Å². The number of amides is 1. The third-order valence-electron chi connectivity index (χ3n) is 6.13. The van der Waals surface area contributed by atoms with Gasteiger partial charge in [0.15, 0.2) is 5.16 Å². The first kappa shape index (κ1) is 23.9. The lowest BCUT2D eigenvalue weighted by molar-refractivity contribution is -0.151. The van der Waals surface area contributed by atoms with Gasteiger partial charge in [0.25, 0.3) is 0 Å². The summed E-state index contributed by atoms with van der Waals surface area (Å²) in [6.07, 6.45) is 3.53. The highest BCUT2D eigenvalue weighted by Gasteiger charge is 2.32. The Hall–Kier alpha value is -2.26. The number of rotatable bonds is 7. The summed E-state index contributed by atoms with van der Waals surface area (Å²) in [6, 6.07) is 7.61. The molecule has 0 N–H and O–H groups in total. The molecule has 0 spiro atoms. The van der Waals surface area contributed by atoms with Crippen LogP contribution in [-0.2, 0) is 14.3 Å². The molecule has 1 aromatic carbocycles. The summed E-state index contributed by atoms with van der Waals surface area (Å²) in [7, 11) is 0. The van der Waals surface area contributed by atoms with Gasteiger partial charge in [-0.05, 0) is 57.7 Å². The van der Waals surface area contributed by atoms with Gasteiger partial charge in [0, 0.05) is 31.2 Å². The second kappa shape index (κ2) is 10.8. The van der Waals surface area contributed by atoms with Crippen molar-refractivity contribution in [2.24, 2.45) is 5.92 Å². The summed E-state index contributed by atoms with van der Waals surface area (Å²) in [4.78, 5) is 29.2. The van der Waals surface area contributed by atoms with Crippen LogP contribution in [0.25, 0.3) is 5.69 Å². The number of carbonyl (C=O) groups excluding carboxylic acids is 2. The number of ether oxygens (including phenoxy) is 1. The third kappa shape index (κ3) is 5.46. The van der Waals surface area contributed by atoms with Crippen molar-refractivity contribution in [3.63, 3.8) is 0 Å². The number of esters is 1. The maximum Gasteiger partial charge on any atom is 0.309 e. The minimum Gasteiger partial charge on any atom is -0.466 e. The number of carbonyl (C=O) groups is 2. The van der Waals surface area contributed by atoms with E-state index in [2.05, 4.69) is 15.1 Å². The highest BCUT2D eigenvalue weighted by Crippen LogP contribution is 2.32. The lowest BCUT2D eigenvalue weighted by Gasteiger charge is -2.32. The highest BCUT2D eigenvalue weighted by atomic mass is 35.5. The van der Waals surface area contributed by atoms with Crippen LogP contribution in [0.3, 0.4) is 0 Å². The summed E-state index contributed by atoms with van der Waals surface area (Å²) >= 11 is 7.67. The molecule has 3 heterocycles. The van der Waals surface area contributed by atoms with E-state index in [1.807, 2.05) is 47.6 Å². The Kier molecular flexibility index (Phi) is 7.80.